The molecule has 98 valence electrons. The van der Waals surface area contributed by atoms with Crippen molar-refractivity contribution in [1.82, 2.24) is 0 Å². The number of aliphatic carboxylic acids is 1. The molecule has 0 amide bonds. The normalized spacial score (nSPS) is 16.1. The van der Waals surface area contributed by atoms with Crippen LogP contribution in [0.4, 0.5) is 0 Å². The number of carbonyl (C=O) groups is 2. The minimum atomic E-state index is -1.24. The summed E-state index contributed by atoms with van der Waals surface area (Å²) in [7, 11) is 0. The first-order valence-corrected chi connectivity index (χ1v) is 5.57. The zero-order valence-corrected chi connectivity index (χ0v) is 9.91. The lowest BCUT2D eigenvalue weighted by Gasteiger charge is -2.04. The number of cyclic esters (lactones) is 1. The largest absolute Gasteiger partial charge is 0.493 e. The Kier molecular flexibility index (Phi) is 3.92. The molecule has 19 heavy (non-hydrogen) atoms. The Labute approximate surface area is 109 Å². The van der Waals surface area contributed by atoms with E-state index in [0.29, 0.717) is 11.8 Å². The van der Waals surface area contributed by atoms with E-state index in [4.69, 9.17) is 14.6 Å². The predicted molar refractivity (Wildman–Crippen MR) is 65.8 cm³/mol. The van der Waals surface area contributed by atoms with Crippen molar-refractivity contribution in [3.63, 3.8) is 0 Å². The van der Waals surface area contributed by atoms with E-state index in [0.717, 1.165) is 0 Å². The first kappa shape index (κ1) is 12.8. The minimum absolute atomic E-state index is 0.161. The van der Waals surface area contributed by atoms with Gasteiger partial charge in [0.2, 0.25) is 5.90 Å². The maximum absolute atomic E-state index is 11.2. The number of esters is 1. The van der Waals surface area contributed by atoms with Gasteiger partial charge in [-0.1, -0.05) is 18.2 Å². The number of ether oxygens (including phenoxy) is 2. The molecule has 1 aromatic carbocycles. The Morgan fingerprint density at radius 2 is 2.11 bits per heavy atom. The summed E-state index contributed by atoms with van der Waals surface area (Å²) >= 11 is 0. The van der Waals surface area contributed by atoms with E-state index < -0.39 is 11.9 Å². The number of hydrogen-bond donors (Lipinski definition) is 1. The molecular formula is C13H11NO5. The van der Waals surface area contributed by atoms with Gasteiger partial charge in [-0.05, 0) is 12.1 Å². The zero-order valence-electron chi connectivity index (χ0n) is 9.91. The van der Waals surface area contributed by atoms with Gasteiger partial charge in [0.15, 0.2) is 5.70 Å². The lowest BCUT2D eigenvalue weighted by atomic mass is 10.3. The third-order valence-electron chi connectivity index (χ3n) is 2.25. The van der Waals surface area contributed by atoms with Crippen LogP contribution in [0.2, 0.25) is 0 Å². The molecule has 1 aliphatic heterocycles. The SMILES string of the molecule is O=C(O)/C=C1/N=C(CCOc2ccccc2)OC1=O. The quantitative estimate of drug-likeness (QED) is 0.639. The molecular weight excluding hydrogens is 250 g/mol. The fourth-order valence-electron chi connectivity index (χ4n) is 1.45. The zero-order chi connectivity index (χ0) is 13.7. The standard InChI is InChI=1S/C13H11NO5/c15-12(16)8-10-13(17)19-11(14-10)6-7-18-9-4-2-1-3-5-9/h1-5,8H,6-7H2,(H,15,16)/b10-8+. The molecule has 0 aliphatic carbocycles. The Balaban J connectivity index is 1.87. The fourth-order valence-corrected chi connectivity index (χ4v) is 1.45. The number of para-hydroxylation sites is 1. The van der Waals surface area contributed by atoms with Gasteiger partial charge in [0.05, 0.1) is 19.1 Å². The Bertz CT molecular complexity index is 547. The first-order chi connectivity index (χ1) is 9.15. The lowest BCUT2D eigenvalue weighted by Crippen LogP contribution is -2.09. The summed E-state index contributed by atoms with van der Waals surface area (Å²) in [6.45, 7) is 0.288. The molecule has 0 atom stereocenters. The van der Waals surface area contributed by atoms with Crippen LogP contribution >= 0.6 is 0 Å². The van der Waals surface area contributed by atoms with Crippen LogP contribution in [0, 0.1) is 0 Å². The average molecular weight is 261 g/mol. The Morgan fingerprint density at radius 1 is 1.37 bits per heavy atom. The molecule has 0 unspecified atom stereocenters. The molecule has 6 heteroatoms. The van der Waals surface area contributed by atoms with Crippen LogP contribution in [0.3, 0.4) is 0 Å². The molecule has 0 fully saturated rings. The van der Waals surface area contributed by atoms with Crippen molar-refractivity contribution < 1.29 is 24.2 Å². The van der Waals surface area contributed by atoms with Gasteiger partial charge < -0.3 is 14.6 Å². The van der Waals surface area contributed by atoms with E-state index in [2.05, 4.69) is 4.99 Å². The third kappa shape index (κ3) is 3.67. The van der Waals surface area contributed by atoms with E-state index in [1.165, 1.54) is 0 Å². The van der Waals surface area contributed by atoms with Crippen LogP contribution in [0.1, 0.15) is 6.42 Å². The van der Waals surface area contributed by atoms with E-state index in [1.54, 1.807) is 12.1 Å². The van der Waals surface area contributed by atoms with Crippen LogP contribution in [-0.2, 0) is 14.3 Å². The molecule has 0 saturated heterocycles. The number of aliphatic imine (C=N–C) groups is 1. The highest BCUT2D eigenvalue weighted by atomic mass is 16.6. The Morgan fingerprint density at radius 3 is 2.79 bits per heavy atom. The molecule has 0 bridgehead atoms. The molecule has 0 spiro atoms. The van der Waals surface area contributed by atoms with Crippen molar-refractivity contribution in [2.24, 2.45) is 4.99 Å². The van der Waals surface area contributed by atoms with Gasteiger partial charge in [-0.25, -0.2) is 14.6 Å². The topological polar surface area (TPSA) is 85.2 Å². The van der Waals surface area contributed by atoms with Crippen molar-refractivity contribution in [3.8, 4) is 5.75 Å². The second-order valence-corrected chi connectivity index (χ2v) is 3.67. The number of carboxylic acids is 1. The monoisotopic (exact) mass is 261 g/mol. The van der Waals surface area contributed by atoms with Crippen molar-refractivity contribution in [3.05, 3.63) is 42.1 Å². The van der Waals surface area contributed by atoms with E-state index >= 15 is 0 Å². The van der Waals surface area contributed by atoms with Gasteiger partial charge in [-0.15, -0.1) is 0 Å². The van der Waals surface area contributed by atoms with E-state index in [-0.39, 0.29) is 24.6 Å². The van der Waals surface area contributed by atoms with Crippen LogP contribution in [-0.4, -0.2) is 29.5 Å². The average Bonchev–Trinajstić information content (AvgIpc) is 2.70. The summed E-state index contributed by atoms with van der Waals surface area (Å²) in [5.74, 6) is -1.13. The van der Waals surface area contributed by atoms with Crippen LogP contribution in [0.5, 0.6) is 5.75 Å². The van der Waals surface area contributed by atoms with Crippen LogP contribution in [0.15, 0.2) is 47.1 Å². The first-order valence-electron chi connectivity index (χ1n) is 5.57. The molecule has 1 aromatic rings. The second-order valence-electron chi connectivity index (χ2n) is 3.67. The maximum atomic E-state index is 11.2. The van der Waals surface area contributed by atoms with Crippen molar-refractivity contribution >= 4 is 17.8 Å². The number of carboxylic acid groups (broad SMARTS) is 1. The van der Waals surface area contributed by atoms with Gasteiger partial charge in [-0.2, -0.15) is 0 Å². The van der Waals surface area contributed by atoms with Gasteiger partial charge >= 0.3 is 11.9 Å². The number of rotatable bonds is 5. The van der Waals surface area contributed by atoms with Crippen LogP contribution < -0.4 is 4.74 Å². The maximum Gasteiger partial charge on any atom is 0.363 e. The molecule has 0 aromatic heterocycles. The van der Waals surface area contributed by atoms with Gasteiger partial charge in [0, 0.05) is 0 Å². The van der Waals surface area contributed by atoms with Gasteiger partial charge in [0.25, 0.3) is 0 Å². The summed E-state index contributed by atoms with van der Waals surface area (Å²) < 4.78 is 10.2. The Hall–Kier alpha value is -2.63. The number of carbonyl (C=O) groups excluding carboxylic acids is 1. The predicted octanol–water partition coefficient (Wildman–Crippen LogP) is 1.38. The molecule has 1 heterocycles. The van der Waals surface area contributed by atoms with Crippen molar-refractivity contribution in [2.45, 2.75) is 6.42 Å². The lowest BCUT2D eigenvalue weighted by molar-refractivity contribution is -0.133. The molecule has 1 aliphatic rings. The summed E-state index contributed by atoms with van der Waals surface area (Å²) in [4.78, 5) is 25.5. The summed E-state index contributed by atoms with van der Waals surface area (Å²) in [6, 6.07) is 9.17. The molecule has 6 nitrogen and oxygen atoms in total. The molecule has 0 saturated carbocycles. The number of benzene rings is 1. The van der Waals surface area contributed by atoms with Crippen molar-refractivity contribution in [1.29, 1.82) is 0 Å². The van der Waals surface area contributed by atoms with Crippen molar-refractivity contribution in [2.75, 3.05) is 6.61 Å². The molecule has 0 radical (unpaired) electrons. The van der Waals surface area contributed by atoms with Gasteiger partial charge in [0.1, 0.15) is 5.75 Å². The minimum Gasteiger partial charge on any atom is -0.493 e. The summed E-state index contributed by atoms with van der Waals surface area (Å²) in [5, 5.41) is 8.52. The van der Waals surface area contributed by atoms with E-state index in [1.807, 2.05) is 18.2 Å². The summed E-state index contributed by atoms with van der Waals surface area (Å²) in [6.07, 6.45) is 1.00. The van der Waals surface area contributed by atoms with Crippen LogP contribution in [0.25, 0.3) is 0 Å². The van der Waals surface area contributed by atoms with Gasteiger partial charge in [-0.3, -0.25) is 0 Å². The number of hydrogen-bond acceptors (Lipinski definition) is 5. The molecule has 1 N–H and O–H groups in total. The summed E-state index contributed by atoms with van der Waals surface area (Å²) in [5.41, 5.74) is -0.206. The highest BCUT2D eigenvalue weighted by Crippen LogP contribution is 2.14. The highest BCUT2D eigenvalue weighted by molar-refractivity contribution is 6.07. The fraction of sp³-hybridized carbons (Fsp3) is 0.154. The number of nitrogens with zero attached hydrogens (tertiary/aromatic N) is 1. The third-order valence-corrected chi connectivity index (χ3v) is 2.25. The highest BCUT2D eigenvalue weighted by Gasteiger charge is 2.23. The molecule has 2 rings (SSSR count). The second kappa shape index (κ2) is 5.81. The van der Waals surface area contributed by atoms with E-state index in [9.17, 15) is 9.59 Å². The smallest absolute Gasteiger partial charge is 0.363 e.